The molecule has 0 rings (SSSR count). The van der Waals surface area contributed by atoms with E-state index in [1.807, 2.05) is 13.8 Å². The van der Waals surface area contributed by atoms with Gasteiger partial charge in [0.1, 0.15) is 6.61 Å². The van der Waals surface area contributed by atoms with Crippen LogP contribution < -0.4 is 5.32 Å². The van der Waals surface area contributed by atoms with Gasteiger partial charge in [0.15, 0.2) is 0 Å². The molecule has 0 unspecified atom stereocenters. The van der Waals surface area contributed by atoms with Crippen molar-refractivity contribution in [2.45, 2.75) is 26.7 Å². The summed E-state index contributed by atoms with van der Waals surface area (Å²) in [6.07, 6.45) is 1.85. The standard InChI is InChI=1S/C10H19NO2/c1-4-6-11-10(12)8-13-7-9(3)5-2/h3-8H2,1-2H3,(H,11,12). The normalized spacial score (nSPS) is 9.69. The lowest BCUT2D eigenvalue weighted by Gasteiger charge is -2.05. The average Bonchev–Trinajstić information content (AvgIpc) is 2.14. The van der Waals surface area contributed by atoms with Crippen molar-refractivity contribution >= 4 is 5.91 Å². The van der Waals surface area contributed by atoms with E-state index in [4.69, 9.17) is 4.74 Å². The maximum atomic E-state index is 11.0. The molecule has 0 aromatic heterocycles. The Kier molecular flexibility index (Phi) is 7.30. The number of amides is 1. The highest BCUT2D eigenvalue weighted by Gasteiger charge is 1.99. The third-order valence-corrected chi connectivity index (χ3v) is 1.61. The monoisotopic (exact) mass is 185 g/mol. The molecular formula is C10H19NO2. The van der Waals surface area contributed by atoms with Crippen LogP contribution in [0.25, 0.3) is 0 Å². The minimum absolute atomic E-state index is 0.0502. The van der Waals surface area contributed by atoms with E-state index in [-0.39, 0.29) is 12.5 Å². The third-order valence-electron chi connectivity index (χ3n) is 1.61. The zero-order chi connectivity index (χ0) is 10.1. The molecule has 0 aromatic rings. The average molecular weight is 185 g/mol. The Bertz CT molecular complexity index is 166. The Morgan fingerprint density at radius 2 is 2.08 bits per heavy atom. The first kappa shape index (κ1) is 12.2. The number of hydrogen-bond donors (Lipinski definition) is 1. The number of ether oxygens (including phenoxy) is 1. The van der Waals surface area contributed by atoms with Gasteiger partial charge in [-0.05, 0) is 12.8 Å². The molecular weight excluding hydrogens is 166 g/mol. The molecule has 0 bridgehead atoms. The molecule has 3 nitrogen and oxygen atoms in total. The molecule has 1 N–H and O–H groups in total. The second-order valence-electron chi connectivity index (χ2n) is 2.95. The Hall–Kier alpha value is -0.830. The summed E-state index contributed by atoms with van der Waals surface area (Å²) in [5.41, 5.74) is 1.02. The summed E-state index contributed by atoms with van der Waals surface area (Å²) in [4.78, 5) is 11.0. The molecule has 0 aliphatic carbocycles. The Balaban J connectivity index is 3.31. The van der Waals surface area contributed by atoms with Crippen LogP contribution in [0.4, 0.5) is 0 Å². The quantitative estimate of drug-likeness (QED) is 0.610. The third kappa shape index (κ3) is 7.53. The largest absolute Gasteiger partial charge is 0.367 e. The fourth-order valence-corrected chi connectivity index (χ4v) is 0.706. The lowest BCUT2D eigenvalue weighted by Crippen LogP contribution is -2.28. The van der Waals surface area contributed by atoms with Gasteiger partial charge in [0.05, 0.1) is 6.61 Å². The van der Waals surface area contributed by atoms with E-state index in [1.54, 1.807) is 0 Å². The topological polar surface area (TPSA) is 38.3 Å². The zero-order valence-electron chi connectivity index (χ0n) is 8.56. The first-order valence-corrected chi connectivity index (χ1v) is 4.71. The van der Waals surface area contributed by atoms with E-state index >= 15 is 0 Å². The highest BCUT2D eigenvalue weighted by atomic mass is 16.5. The summed E-state index contributed by atoms with van der Waals surface area (Å²) >= 11 is 0. The smallest absolute Gasteiger partial charge is 0.246 e. The molecule has 3 heteroatoms. The molecule has 1 amide bonds. The number of carbonyl (C=O) groups excluding carboxylic acids is 1. The summed E-state index contributed by atoms with van der Waals surface area (Å²) in [6.45, 7) is 9.15. The lowest BCUT2D eigenvalue weighted by molar-refractivity contribution is -0.125. The first-order chi connectivity index (χ1) is 6.20. The van der Waals surface area contributed by atoms with E-state index < -0.39 is 0 Å². The molecule has 0 fully saturated rings. The van der Waals surface area contributed by atoms with Crippen LogP contribution in [0.5, 0.6) is 0 Å². The van der Waals surface area contributed by atoms with Crippen molar-refractivity contribution in [3.8, 4) is 0 Å². The van der Waals surface area contributed by atoms with Gasteiger partial charge >= 0.3 is 0 Å². The van der Waals surface area contributed by atoms with Gasteiger partial charge in [-0.3, -0.25) is 4.79 Å². The van der Waals surface area contributed by atoms with Crippen LogP contribution in [0.3, 0.4) is 0 Å². The van der Waals surface area contributed by atoms with E-state index in [9.17, 15) is 4.79 Å². The van der Waals surface area contributed by atoms with Crippen molar-refractivity contribution in [1.29, 1.82) is 0 Å². The second-order valence-corrected chi connectivity index (χ2v) is 2.95. The van der Waals surface area contributed by atoms with Crippen molar-refractivity contribution in [1.82, 2.24) is 5.32 Å². The number of nitrogens with one attached hydrogen (secondary N) is 1. The van der Waals surface area contributed by atoms with Crippen molar-refractivity contribution in [2.24, 2.45) is 0 Å². The van der Waals surface area contributed by atoms with Gasteiger partial charge in [0, 0.05) is 6.54 Å². The van der Waals surface area contributed by atoms with E-state index in [0.29, 0.717) is 6.61 Å². The zero-order valence-corrected chi connectivity index (χ0v) is 8.56. The van der Waals surface area contributed by atoms with Crippen LogP contribution in [-0.4, -0.2) is 25.7 Å². The highest BCUT2D eigenvalue weighted by molar-refractivity contribution is 5.77. The fourth-order valence-electron chi connectivity index (χ4n) is 0.706. The molecule has 0 atom stereocenters. The van der Waals surface area contributed by atoms with Crippen molar-refractivity contribution in [3.63, 3.8) is 0 Å². The minimum Gasteiger partial charge on any atom is -0.367 e. The predicted octanol–water partition coefficient (Wildman–Crippen LogP) is 1.50. The van der Waals surface area contributed by atoms with Crippen LogP contribution in [0, 0.1) is 0 Å². The van der Waals surface area contributed by atoms with Gasteiger partial charge in [-0.1, -0.05) is 26.0 Å². The molecule has 0 saturated carbocycles. The van der Waals surface area contributed by atoms with Crippen LogP contribution in [0.15, 0.2) is 12.2 Å². The van der Waals surface area contributed by atoms with Crippen LogP contribution in [0.2, 0.25) is 0 Å². The second kappa shape index (κ2) is 7.80. The minimum atomic E-state index is -0.0502. The van der Waals surface area contributed by atoms with Crippen molar-refractivity contribution in [3.05, 3.63) is 12.2 Å². The molecule has 0 saturated heterocycles. The fraction of sp³-hybridized carbons (Fsp3) is 0.700. The SMILES string of the molecule is C=C(CC)COCC(=O)NCCC. The molecule has 0 heterocycles. The van der Waals surface area contributed by atoms with Gasteiger partial charge in [-0.25, -0.2) is 0 Å². The maximum absolute atomic E-state index is 11.0. The summed E-state index contributed by atoms with van der Waals surface area (Å²) in [6, 6.07) is 0. The van der Waals surface area contributed by atoms with E-state index in [2.05, 4.69) is 11.9 Å². The molecule has 0 spiro atoms. The van der Waals surface area contributed by atoms with Crippen LogP contribution >= 0.6 is 0 Å². The molecule has 0 aliphatic heterocycles. The maximum Gasteiger partial charge on any atom is 0.246 e. The molecule has 0 aromatic carbocycles. The predicted molar refractivity (Wildman–Crippen MR) is 53.6 cm³/mol. The van der Waals surface area contributed by atoms with Gasteiger partial charge in [0.2, 0.25) is 5.91 Å². The first-order valence-electron chi connectivity index (χ1n) is 4.71. The molecule has 76 valence electrons. The van der Waals surface area contributed by atoms with E-state index in [0.717, 1.165) is 25.0 Å². The van der Waals surface area contributed by atoms with Crippen LogP contribution in [-0.2, 0) is 9.53 Å². The van der Waals surface area contributed by atoms with Gasteiger partial charge in [-0.2, -0.15) is 0 Å². The molecule has 0 aliphatic rings. The lowest BCUT2D eigenvalue weighted by atomic mass is 10.2. The van der Waals surface area contributed by atoms with Gasteiger partial charge in [-0.15, -0.1) is 0 Å². The molecule has 13 heavy (non-hydrogen) atoms. The number of carbonyl (C=O) groups is 1. The van der Waals surface area contributed by atoms with Gasteiger partial charge in [0.25, 0.3) is 0 Å². The Morgan fingerprint density at radius 3 is 2.62 bits per heavy atom. The molecule has 0 radical (unpaired) electrons. The summed E-state index contributed by atoms with van der Waals surface area (Å²) in [5, 5.41) is 2.73. The summed E-state index contributed by atoms with van der Waals surface area (Å²) in [5.74, 6) is -0.0502. The Morgan fingerprint density at radius 1 is 1.38 bits per heavy atom. The summed E-state index contributed by atoms with van der Waals surface area (Å²) in [7, 11) is 0. The Labute approximate surface area is 80.2 Å². The van der Waals surface area contributed by atoms with Crippen molar-refractivity contribution < 1.29 is 9.53 Å². The van der Waals surface area contributed by atoms with Crippen molar-refractivity contribution in [2.75, 3.05) is 19.8 Å². The van der Waals surface area contributed by atoms with Crippen LogP contribution in [0.1, 0.15) is 26.7 Å². The number of rotatable bonds is 7. The summed E-state index contributed by atoms with van der Waals surface area (Å²) < 4.78 is 5.13. The van der Waals surface area contributed by atoms with E-state index in [1.165, 1.54) is 0 Å². The highest BCUT2D eigenvalue weighted by Crippen LogP contribution is 1.95. The number of hydrogen-bond acceptors (Lipinski definition) is 2. The van der Waals surface area contributed by atoms with Gasteiger partial charge < -0.3 is 10.1 Å².